The second kappa shape index (κ2) is 20.0. The summed E-state index contributed by atoms with van der Waals surface area (Å²) in [6.45, 7) is 12.9. The molecule has 1 aliphatic carbocycles. The summed E-state index contributed by atoms with van der Waals surface area (Å²) in [5.41, 5.74) is 17.5. The summed E-state index contributed by atoms with van der Waals surface area (Å²) in [6, 6.07) is 48.1. The quantitative estimate of drug-likeness (QED) is 0.117. The van der Waals surface area contributed by atoms with Crippen molar-refractivity contribution in [2.75, 3.05) is 0 Å². The fourth-order valence-electron chi connectivity index (χ4n) is 9.94. The first-order valence-electron chi connectivity index (χ1n) is 24.4. The molecule has 0 unspecified atom stereocenters. The van der Waals surface area contributed by atoms with Gasteiger partial charge in [-0.15, -0.1) is 17.7 Å². The molecule has 5 heterocycles. The molecule has 0 atom stereocenters. The maximum atomic E-state index is 6.48. The van der Waals surface area contributed by atoms with E-state index in [0.717, 1.165) is 95.4 Å². The van der Waals surface area contributed by atoms with Gasteiger partial charge in [0.15, 0.2) is 0 Å². The van der Waals surface area contributed by atoms with Crippen molar-refractivity contribution >= 4 is 50.9 Å². The third-order valence-corrected chi connectivity index (χ3v) is 18.0. The molecule has 0 aliphatic heterocycles. The Labute approximate surface area is 429 Å². The maximum Gasteiger partial charge on any atom is 0 e. The van der Waals surface area contributed by atoms with Gasteiger partial charge in [0.25, 0.3) is 0 Å². The molecule has 1 saturated carbocycles. The van der Waals surface area contributed by atoms with Gasteiger partial charge in [0.05, 0.1) is 33.8 Å². The number of imidazole rings is 1. The van der Waals surface area contributed by atoms with Crippen LogP contribution in [0.3, 0.4) is 0 Å². The molecular weight excluding hydrogens is 1100 g/mol. The number of furan rings is 1. The molecule has 0 spiro atoms. The fraction of sp³-hybridized carbons (Fsp3) is 0.262. The number of nitrogens with zero attached hydrogens (tertiary/aromatic N) is 6. The zero-order chi connectivity index (χ0) is 48.0. The molecule has 1 fully saturated rings. The third kappa shape index (κ3) is 9.71. The predicted octanol–water partition coefficient (Wildman–Crippen LogP) is 15.3. The van der Waals surface area contributed by atoms with Gasteiger partial charge in [0, 0.05) is 49.3 Å². The number of pyridine rings is 2. The summed E-state index contributed by atoms with van der Waals surface area (Å²) in [6.07, 6.45) is 12.3. The summed E-state index contributed by atoms with van der Waals surface area (Å²) >= 11 is -1.76. The normalized spacial score (nSPS) is 13.3. The third-order valence-electron chi connectivity index (χ3n) is 13.7. The van der Waals surface area contributed by atoms with E-state index in [2.05, 4.69) is 199 Å². The molecule has 0 amide bonds. The Bertz CT molecular complexity index is 3390. The largest absolute Gasteiger partial charge is 0 e. The van der Waals surface area contributed by atoms with Gasteiger partial charge in [-0.25, -0.2) is 4.98 Å². The maximum absolute atomic E-state index is 6.48. The zero-order valence-corrected chi connectivity index (χ0v) is 46.2. The van der Waals surface area contributed by atoms with E-state index in [-0.39, 0.29) is 25.5 Å². The van der Waals surface area contributed by atoms with Crippen LogP contribution in [0.4, 0.5) is 0 Å². The van der Waals surface area contributed by atoms with Crippen molar-refractivity contribution in [3.8, 4) is 50.6 Å². The van der Waals surface area contributed by atoms with Gasteiger partial charge in [-0.1, -0.05) is 93.9 Å². The van der Waals surface area contributed by atoms with Crippen LogP contribution in [0.2, 0.25) is 17.3 Å². The Kier molecular flexibility index (Phi) is 14.0. The molecule has 0 bridgehead atoms. The number of benzene rings is 5. The standard InChI is InChI=1S/C41H34N5O.C20H26GeN.Ir/c1-24-17-18-30(38-34(24)35-40(47-38)43-20-19-42-35)39-45-33-21-25(2)44-26(3)36(33)46(39)37-31(27-13-9-7-10-14-27)22-29(41(4,5)6)23-32(37)28-15-11-8-12-16-28;1-21(2,3)19-13-14-20(22-15-19)18-11-9-17(10-12-18)16-7-5-4-6-8-16;/h7-17,19-23H,1-6H3;9-11,13-16H,4-8H2,1-3H3;/q2*-1;. The van der Waals surface area contributed by atoms with Crippen molar-refractivity contribution < 1.29 is 24.5 Å². The molecule has 1 aliphatic rings. The van der Waals surface area contributed by atoms with Gasteiger partial charge in [-0.05, 0) is 59.5 Å². The van der Waals surface area contributed by atoms with Crippen LogP contribution in [-0.2, 0) is 25.5 Å². The van der Waals surface area contributed by atoms with E-state index in [9.17, 15) is 0 Å². The van der Waals surface area contributed by atoms with E-state index in [1.807, 2.05) is 13.0 Å². The van der Waals surface area contributed by atoms with E-state index in [1.165, 1.54) is 47.6 Å². The molecule has 10 aromatic rings. The first-order valence-corrected chi connectivity index (χ1v) is 31.8. The first kappa shape index (κ1) is 48.9. The Balaban J connectivity index is 0.000000222. The zero-order valence-electron chi connectivity index (χ0n) is 41.7. The van der Waals surface area contributed by atoms with Crippen LogP contribution >= 0.6 is 0 Å². The average Bonchev–Trinajstić information content (AvgIpc) is 3.94. The predicted molar refractivity (Wildman–Crippen MR) is 287 cm³/mol. The van der Waals surface area contributed by atoms with Crippen LogP contribution in [0.15, 0.2) is 138 Å². The number of hydrogen-bond donors (Lipinski definition) is 0. The summed E-state index contributed by atoms with van der Waals surface area (Å²) in [4.78, 5) is 24.1. The first-order chi connectivity index (χ1) is 33.2. The van der Waals surface area contributed by atoms with E-state index in [0.29, 0.717) is 11.3 Å². The summed E-state index contributed by atoms with van der Waals surface area (Å²) in [5.74, 6) is 8.69. The van der Waals surface area contributed by atoms with Gasteiger partial charge in [-0.2, -0.15) is 0 Å². The number of rotatable bonds is 7. The molecule has 0 saturated heterocycles. The van der Waals surface area contributed by atoms with Gasteiger partial charge in [0.1, 0.15) is 5.52 Å². The van der Waals surface area contributed by atoms with Crippen molar-refractivity contribution in [3.63, 3.8) is 0 Å². The number of hydrogen-bond acceptors (Lipinski definition) is 6. The molecule has 5 aromatic carbocycles. The molecule has 355 valence electrons. The van der Waals surface area contributed by atoms with Crippen LogP contribution < -0.4 is 4.40 Å². The minimum absolute atomic E-state index is 0. The molecule has 9 heteroatoms. The molecule has 7 nitrogen and oxygen atoms in total. The van der Waals surface area contributed by atoms with Crippen LogP contribution in [0.1, 0.15) is 86.9 Å². The molecule has 1 radical (unpaired) electrons. The number of aromatic nitrogens is 6. The van der Waals surface area contributed by atoms with Crippen LogP contribution in [0.5, 0.6) is 0 Å². The van der Waals surface area contributed by atoms with Crippen LogP contribution in [-0.4, -0.2) is 42.8 Å². The average molecular weight is 1160 g/mol. The second-order valence-electron chi connectivity index (χ2n) is 20.8. The van der Waals surface area contributed by atoms with E-state index >= 15 is 0 Å². The number of aryl methyl sites for hydroxylation is 3. The van der Waals surface area contributed by atoms with Gasteiger partial charge >= 0.3 is 137 Å². The summed E-state index contributed by atoms with van der Waals surface area (Å²) in [5, 5.41) is 0.918. The Hall–Kier alpha value is -6.06. The van der Waals surface area contributed by atoms with Crippen molar-refractivity contribution in [2.45, 2.75) is 102 Å². The van der Waals surface area contributed by atoms with Crippen LogP contribution in [0.25, 0.3) is 83.8 Å². The van der Waals surface area contributed by atoms with Crippen molar-refractivity contribution in [3.05, 3.63) is 174 Å². The summed E-state index contributed by atoms with van der Waals surface area (Å²) < 4.78 is 10.2. The second-order valence-corrected chi connectivity index (χ2v) is 31.5. The van der Waals surface area contributed by atoms with E-state index in [4.69, 9.17) is 14.4 Å². The van der Waals surface area contributed by atoms with Gasteiger partial charge < -0.3 is 8.98 Å². The Morgan fingerprint density at radius 1 is 0.714 bits per heavy atom. The van der Waals surface area contributed by atoms with E-state index < -0.39 is 13.3 Å². The molecular formula is C61H60GeIrN6O-2. The summed E-state index contributed by atoms with van der Waals surface area (Å²) in [7, 11) is 0. The van der Waals surface area contributed by atoms with Crippen molar-refractivity contribution in [1.82, 2.24) is 29.5 Å². The number of fused-ring (bicyclic) bond motifs is 4. The van der Waals surface area contributed by atoms with Crippen molar-refractivity contribution in [2.24, 2.45) is 0 Å². The fourth-order valence-corrected chi connectivity index (χ4v) is 12.1. The SMILES string of the molecule is Cc1cc2nc(-c3[c-]cc(C)c4c3oc3nccnc34)n(-c3c(-c4ccccc4)cc(C(C)(C)C)cc3-c3ccccc3)c2c(C)n1.[CH3][Ge]([CH3])([CH3])[c]1ccc(-c2[c-]cc(C3CCCCC3)cc2)nc1.[Ir]. The topological polar surface area (TPSA) is 82.5 Å². The van der Waals surface area contributed by atoms with E-state index in [1.54, 1.807) is 12.4 Å². The molecule has 0 N–H and O–H groups in total. The minimum Gasteiger partial charge on any atom is 0 e. The Morgan fingerprint density at radius 2 is 1.39 bits per heavy atom. The monoisotopic (exact) mass is 1160 g/mol. The van der Waals surface area contributed by atoms with Gasteiger partial charge in [-0.3, -0.25) is 15.0 Å². The van der Waals surface area contributed by atoms with Gasteiger partial charge in [0.2, 0.25) is 5.71 Å². The Morgan fingerprint density at radius 3 is 1.99 bits per heavy atom. The molecule has 70 heavy (non-hydrogen) atoms. The molecule has 11 rings (SSSR count). The van der Waals surface area contributed by atoms with Crippen LogP contribution in [0, 0.1) is 32.9 Å². The van der Waals surface area contributed by atoms with Crippen molar-refractivity contribution in [1.29, 1.82) is 0 Å². The molecule has 5 aromatic heterocycles. The minimum atomic E-state index is -1.76. The smallest absolute Gasteiger partial charge is 0 e.